The number of amides is 1. The summed E-state index contributed by atoms with van der Waals surface area (Å²) in [5, 5.41) is 2.33. The van der Waals surface area contributed by atoms with Crippen LogP contribution in [0.3, 0.4) is 0 Å². The van der Waals surface area contributed by atoms with Crippen molar-refractivity contribution in [3.8, 4) is 17.0 Å². The van der Waals surface area contributed by atoms with Gasteiger partial charge in [0.15, 0.2) is 0 Å². The zero-order valence-corrected chi connectivity index (χ0v) is 21.8. The van der Waals surface area contributed by atoms with E-state index in [4.69, 9.17) is 26.8 Å². The Hall–Kier alpha value is -3.10. The van der Waals surface area contributed by atoms with E-state index in [9.17, 15) is 4.79 Å². The van der Waals surface area contributed by atoms with Crippen LogP contribution >= 0.6 is 22.9 Å². The van der Waals surface area contributed by atoms with Crippen LogP contribution in [0.25, 0.3) is 11.3 Å². The molecule has 0 aliphatic carbocycles. The van der Waals surface area contributed by atoms with E-state index >= 15 is 0 Å². The molecular weight excluding hydrogens is 484 g/mol. The van der Waals surface area contributed by atoms with Crippen LogP contribution in [0.5, 0.6) is 5.75 Å². The fourth-order valence-electron chi connectivity index (χ4n) is 3.06. The number of halogens is 1. The van der Waals surface area contributed by atoms with E-state index in [0.29, 0.717) is 17.6 Å². The molecule has 1 amide bonds. The lowest BCUT2D eigenvalue weighted by molar-refractivity contribution is 0.0357. The first-order valence-electron chi connectivity index (χ1n) is 11.4. The van der Waals surface area contributed by atoms with Crippen molar-refractivity contribution in [2.45, 2.75) is 45.8 Å². The highest BCUT2D eigenvalue weighted by Gasteiger charge is 2.25. The molecular formula is C26H31ClN4O3S. The van der Waals surface area contributed by atoms with Gasteiger partial charge in [0.25, 0.3) is 0 Å². The summed E-state index contributed by atoms with van der Waals surface area (Å²) in [5.74, 6) is 1.42. The SMILES string of the molecule is CC(C)(C)OC(=O)N(Cc1ccccc1)/C(N)=N/c1nc(-c2cccc(OCCCCCl)c2)cs1. The molecule has 0 fully saturated rings. The van der Waals surface area contributed by atoms with Crippen LogP contribution in [-0.4, -0.2) is 40.0 Å². The number of thiazole rings is 1. The molecule has 2 aromatic carbocycles. The summed E-state index contributed by atoms with van der Waals surface area (Å²) in [4.78, 5) is 23.2. The molecule has 1 heterocycles. The number of hydrogen-bond acceptors (Lipinski definition) is 6. The maximum atomic E-state index is 12.9. The van der Waals surface area contributed by atoms with Gasteiger partial charge in [0.2, 0.25) is 11.1 Å². The molecule has 0 aliphatic rings. The third-order valence-corrected chi connectivity index (χ3v) is 5.70. The molecule has 186 valence electrons. The van der Waals surface area contributed by atoms with E-state index in [1.807, 2.05) is 80.7 Å². The second-order valence-electron chi connectivity index (χ2n) is 8.81. The number of carbonyl (C=O) groups excluding carboxylic acids is 1. The van der Waals surface area contributed by atoms with Gasteiger partial charge in [-0.05, 0) is 51.3 Å². The fourth-order valence-corrected chi connectivity index (χ4v) is 3.95. The Morgan fingerprint density at radius 1 is 1.14 bits per heavy atom. The maximum Gasteiger partial charge on any atom is 0.417 e. The van der Waals surface area contributed by atoms with Gasteiger partial charge >= 0.3 is 6.09 Å². The zero-order chi connectivity index (χ0) is 25.3. The minimum Gasteiger partial charge on any atom is -0.494 e. The van der Waals surface area contributed by atoms with Crippen molar-refractivity contribution >= 4 is 40.1 Å². The molecule has 7 nitrogen and oxygen atoms in total. The quantitative estimate of drug-likeness (QED) is 0.150. The number of benzene rings is 2. The van der Waals surface area contributed by atoms with Gasteiger partial charge in [-0.2, -0.15) is 4.99 Å². The van der Waals surface area contributed by atoms with Crippen LogP contribution in [0.1, 0.15) is 39.2 Å². The second kappa shape index (κ2) is 12.6. The topological polar surface area (TPSA) is 90.0 Å². The first-order chi connectivity index (χ1) is 16.7. The normalized spacial score (nSPS) is 11.8. The van der Waals surface area contributed by atoms with Crippen LogP contribution in [0.4, 0.5) is 9.93 Å². The van der Waals surface area contributed by atoms with Crippen LogP contribution < -0.4 is 10.5 Å². The fraction of sp³-hybridized carbons (Fsp3) is 0.346. The number of nitrogens with two attached hydrogens (primary N) is 1. The van der Waals surface area contributed by atoms with Crippen LogP contribution in [0.2, 0.25) is 0 Å². The largest absolute Gasteiger partial charge is 0.494 e. The molecule has 9 heteroatoms. The smallest absolute Gasteiger partial charge is 0.417 e. The van der Waals surface area contributed by atoms with Crippen molar-refractivity contribution in [1.82, 2.24) is 9.88 Å². The number of aliphatic imine (C=N–C) groups is 1. The van der Waals surface area contributed by atoms with Crippen molar-refractivity contribution in [2.24, 2.45) is 10.7 Å². The van der Waals surface area contributed by atoms with Gasteiger partial charge in [-0.15, -0.1) is 22.9 Å². The average molecular weight is 515 g/mol. The zero-order valence-electron chi connectivity index (χ0n) is 20.2. The highest BCUT2D eigenvalue weighted by atomic mass is 35.5. The molecule has 35 heavy (non-hydrogen) atoms. The van der Waals surface area contributed by atoms with Crippen molar-refractivity contribution in [3.63, 3.8) is 0 Å². The second-order valence-corrected chi connectivity index (χ2v) is 10.0. The number of rotatable bonds is 9. The van der Waals surface area contributed by atoms with Gasteiger partial charge in [0.1, 0.15) is 11.4 Å². The van der Waals surface area contributed by atoms with Gasteiger partial charge in [0, 0.05) is 16.8 Å². The molecule has 0 spiro atoms. The third kappa shape index (κ3) is 8.56. The Kier molecular flexibility index (Phi) is 9.51. The molecule has 0 radical (unpaired) electrons. The molecule has 2 N–H and O–H groups in total. The van der Waals surface area contributed by atoms with Gasteiger partial charge in [0.05, 0.1) is 18.8 Å². The van der Waals surface area contributed by atoms with Crippen molar-refractivity contribution in [1.29, 1.82) is 0 Å². The van der Waals surface area contributed by atoms with Crippen LogP contribution in [0.15, 0.2) is 65.0 Å². The molecule has 0 unspecified atom stereocenters. The predicted molar refractivity (Wildman–Crippen MR) is 143 cm³/mol. The summed E-state index contributed by atoms with van der Waals surface area (Å²) in [6.45, 7) is 6.26. The summed E-state index contributed by atoms with van der Waals surface area (Å²) >= 11 is 7.06. The van der Waals surface area contributed by atoms with Gasteiger partial charge in [-0.25, -0.2) is 14.7 Å². The van der Waals surface area contributed by atoms with E-state index in [1.54, 1.807) is 0 Å². The molecule has 0 atom stereocenters. The number of carbonyl (C=O) groups is 1. The minimum atomic E-state index is -0.669. The first-order valence-corrected chi connectivity index (χ1v) is 12.8. The Labute approximate surface area is 215 Å². The molecule has 0 aliphatic heterocycles. The standard InChI is InChI=1S/C26H31ClN4O3S/c1-26(2,3)34-25(32)31(17-19-10-5-4-6-11-19)23(28)30-24-29-22(18-35-24)20-12-9-13-21(16-20)33-15-8-7-14-27/h4-6,9-13,16,18H,7-8,14-15,17H2,1-3H3,(H2,28,29,30). The van der Waals surface area contributed by atoms with E-state index in [2.05, 4.69) is 9.98 Å². The number of guanidine groups is 1. The molecule has 0 bridgehead atoms. The first kappa shape index (κ1) is 26.5. The number of ether oxygens (including phenoxy) is 2. The number of aromatic nitrogens is 1. The molecule has 3 rings (SSSR count). The maximum absolute atomic E-state index is 12.9. The number of alkyl halides is 1. The predicted octanol–water partition coefficient (Wildman–Crippen LogP) is 6.59. The summed E-state index contributed by atoms with van der Waals surface area (Å²) in [6.07, 6.45) is 1.25. The van der Waals surface area contributed by atoms with Crippen molar-refractivity contribution < 1.29 is 14.3 Å². The Balaban J connectivity index is 1.78. The summed E-state index contributed by atoms with van der Waals surface area (Å²) in [6, 6.07) is 17.3. The molecule has 0 saturated heterocycles. The average Bonchev–Trinajstić information content (AvgIpc) is 3.28. The van der Waals surface area contributed by atoms with Gasteiger partial charge in [-0.3, -0.25) is 0 Å². The van der Waals surface area contributed by atoms with Gasteiger partial charge in [-0.1, -0.05) is 42.5 Å². The highest BCUT2D eigenvalue weighted by molar-refractivity contribution is 7.13. The lowest BCUT2D eigenvalue weighted by Crippen LogP contribution is -2.44. The van der Waals surface area contributed by atoms with Crippen LogP contribution in [-0.2, 0) is 11.3 Å². The Morgan fingerprint density at radius 3 is 2.63 bits per heavy atom. The summed E-state index contributed by atoms with van der Waals surface area (Å²) in [5.41, 5.74) is 8.17. The number of nitrogens with zero attached hydrogens (tertiary/aromatic N) is 3. The number of unbranched alkanes of at least 4 members (excludes halogenated alkanes) is 1. The van der Waals surface area contributed by atoms with Crippen molar-refractivity contribution in [2.75, 3.05) is 12.5 Å². The minimum absolute atomic E-state index is 0.0142. The number of hydrogen-bond donors (Lipinski definition) is 1. The molecule has 3 aromatic rings. The Bertz CT molecular complexity index is 1130. The summed E-state index contributed by atoms with van der Waals surface area (Å²) in [7, 11) is 0. The monoisotopic (exact) mass is 514 g/mol. The lowest BCUT2D eigenvalue weighted by atomic mass is 10.2. The Morgan fingerprint density at radius 2 is 1.91 bits per heavy atom. The van der Waals surface area contributed by atoms with Crippen molar-refractivity contribution in [3.05, 3.63) is 65.5 Å². The summed E-state index contributed by atoms with van der Waals surface area (Å²) < 4.78 is 11.4. The lowest BCUT2D eigenvalue weighted by Gasteiger charge is -2.26. The molecule has 0 saturated carbocycles. The van der Waals surface area contributed by atoms with E-state index < -0.39 is 11.7 Å². The van der Waals surface area contributed by atoms with E-state index in [1.165, 1.54) is 16.2 Å². The third-order valence-electron chi connectivity index (χ3n) is 4.70. The molecule has 1 aromatic heterocycles. The van der Waals surface area contributed by atoms with E-state index in [0.717, 1.165) is 35.4 Å². The van der Waals surface area contributed by atoms with E-state index in [-0.39, 0.29) is 12.5 Å². The van der Waals surface area contributed by atoms with Gasteiger partial charge < -0.3 is 15.2 Å². The highest BCUT2D eigenvalue weighted by Crippen LogP contribution is 2.29. The van der Waals surface area contributed by atoms with Crippen LogP contribution in [0, 0.1) is 0 Å².